The largest absolute Gasteiger partial charge is 0.475 e. The highest BCUT2D eigenvalue weighted by molar-refractivity contribution is 6.03. The summed E-state index contributed by atoms with van der Waals surface area (Å²) in [6, 6.07) is 2.23. The summed E-state index contributed by atoms with van der Waals surface area (Å²) in [5.41, 5.74) is -1.07. The van der Waals surface area contributed by atoms with E-state index in [-0.39, 0.29) is 0 Å². The second-order valence-corrected chi connectivity index (χ2v) is 3.56. The van der Waals surface area contributed by atoms with Gasteiger partial charge in [0, 0.05) is 6.07 Å². The van der Waals surface area contributed by atoms with Crippen molar-refractivity contribution in [1.29, 1.82) is 0 Å². The van der Waals surface area contributed by atoms with Gasteiger partial charge in [-0.15, -0.1) is 0 Å². The van der Waals surface area contributed by atoms with Crippen molar-refractivity contribution in [3.63, 3.8) is 0 Å². The zero-order chi connectivity index (χ0) is 14.9. The van der Waals surface area contributed by atoms with Crippen LogP contribution in [0.5, 0.6) is 0 Å². The van der Waals surface area contributed by atoms with Crippen LogP contribution in [0.1, 0.15) is 21.0 Å². The minimum absolute atomic E-state index is 0.452. The first-order valence-electron chi connectivity index (χ1n) is 5.05. The lowest BCUT2D eigenvalue weighted by Crippen LogP contribution is -2.14. The maximum Gasteiger partial charge on any atom is 0.374 e. The number of amides is 1. The molecule has 6 nitrogen and oxygen atoms in total. The number of rotatable bonds is 3. The summed E-state index contributed by atoms with van der Waals surface area (Å²) >= 11 is 0. The molecule has 1 amide bonds. The van der Waals surface area contributed by atoms with Gasteiger partial charge in [0.25, 0.3) is 5.91 Å². The second-order valence-electron chi connectivity index (χ2n) is 3.56. The number of anilines is 1. The number of carboxylic acids is 1. The molecule has 0 atom stereocenters. The van der Waals surface area contributed by atoms with E-state index < -0.39 is 46.5 Å². The zero-order valence-electron chi connectivity index (χ0n) is 9.49. The molecule has 1 heterocycles. The Bertz CT molecular complexity index is 699. The lowest BCUT2D eigenvalue weighted by Gasteiger charge is -2.05. The summed E-state index contributed by atoms with van der Waals surface area (Å²) in [5, 5.41) is 13.6. The Morgan fingerprint density at radius 3 is 2.50 bits per heavy atom. The number of nitrogens with zero attached hydrogens (tertiary/aromatic N) is 1. The van der Waals surface area contributed by atoms with Gasteiger partial charge in [-0.1, -0.05) is 5.16 Å². The molecule has 9 heteroatoms. The second kappa shape index (κ2) is 5.03. The van der Waals surface area contributed by atoms with Gasteiger partial charge < -0.3 is 14.9 Å². The number of hydrogen-bond acceptors (Lipinski definition) is 4. The number of aromatic nitrogens is 1. The summed E-state index contributed by atoms with van der Waals surface area (Å²) < 4.78 is 43.3. The van der Waals surface area contributed by atoms with Crippen LogP contribution in [-0.4, -0.2) is 22.1 Å². The molecule has 2 N–H and O–H groups in total. The van der Waals surface area contributed by atoms with Crippen molar-refractivity contribution in [3.05, 3.63) is 47.1 Å². The van der Waals surface area contributed by atoms with Crippen molar-refractivity contribution in [2.45, 2.75) is 0 Å². The number of carboxylic acid groups (broad SMARTS) is 1. The highest BCUT2D eigenvalue weighted by atomic mass is 19.2. The summed E-state index contributed by atoms with van der Waals surface area (Å²) in [6.07, 6.45) is 0. The van der Waals surface area contributed by atoms with Crippen LogP contribution in [0.25, 0.3) is 0 Å². The van der Waals surface area contributed by atoms with Crippen molar-refractivity contribution >= 4 is 17.6 Å². The number of carbonyl (C=O) groups excluding carboxylic acids is 1. The van der Waals surface area contributed by atoms with Gasteiger partial charge in [-0.2, -0.15) is 0 Å². The van der Waals surface area contributed by atoms with E-state index in [4.69, 9.17) is 5.11 Å². The van der Waals surface area contributed by atoms with Gasteiger partial charge in [-0.25, -0.2) is 18.0 Å². The average molecular weight is 286 g/mol. The van der Waals surface area contributed by atoms with Gasteiger partial charge >= 0.3 is 5.97 Å². The van der Waals surface area contributed by atoms with Crippen molar-refractivity contribution in [2.24, 2.45) is 0 Å². The van der Waals surface area contributed by atoms with E-state index in [2.05, 4.69) is 9.68 Å². The van der Waals surface area contributed by atoms with Gasteiger partial charge in [0.05, 0.1) is 5.69 Å². The quantitative estimate of drug-likeness (QED) is 0.842. The Balaban J connectivity index is 2.23. The first-order chi connectivity index (χ1) is 9.40. The van der Waals surface area contributed by atoms with Crippen molar-refractivity contribution < 1.29 is 32.4 Å². The SMILES string of the molecule is O=C(Nc1ccc(F)c(F)c1F)c1cc(C(=O)O)on1. The third kappa shape index (κ3) is 2.46. The molecule has 0 aliphatic carbocycles. The third-order valence-corrected chi connectivity index (χ3v) is 2.24. The van der Waals surface area contributed by atoms with E-state index in [9.17, 15) is 22.8 Å². The molecule has 20 heavy (non-hydrogen) atoms. The predicted molar refractivity (Wildman–Crippen MR) is 57.7 cm³/mol. The van der Waals surface area contributed by atoms with Crippen LogP contribution in [0.15, 0.2) is 22.7 Å². The van der Waals surface area contributed by atoms with Crippen LogP contribution < -0.4 is 5.32 Å². The molecule has 0 unspecified atom stereocenters. The lowest BCUT2D eigenvalue weighted by molar-refractivity contribution is 0.0651. The number of carbonyl (C=O) groups is 2. The van der Waals surface area contributed by atoms with E-state index in [1.165, 1.54) is 0 Å². The summed E-state index contributed by atoms with van der Waals surface area (Å²) in [5.74, 6) is -7.81. The topological polar surface area (TPSA) is 92.4 Å². The number of halogens is 3. The molecule has 0 saturated heterocycles. The number of aromatic carboxylic acids is 1. The van der Waals surface area contributed by atoms with Gasteiger partial charge in [-0.05, 0) is 12.1 Å². The monoisotopic (exact) mass is 286 g/mol. The fourth-order valence-electron chi connectivity index (χ4n) is 1.29. The van der Waals surface area contributed by atoms with Gasteiger partial charge in [0.1, 0.15) is 0 Å². The molecule has 0 bridgehead atoms. The predicted octanol–water partition coefficient (Wildman–Crippen LogP) is 2.04. The normalized spacial score (nSPS) is 10.3. The van der Waals surface area contributed by atoms with Crippen molar-refractivity contribution in [1.82, 2.24) is 5.16 Å². The van der Waals surface area contributed by atoms with E-state index in [0.717, 1.165) is 12.1 Å². The van der Waals surface area contributed by atoms with Gasteiger partial charge in [0.2, 0.25) is 5.76 Å². The third-order valence-electron chi connectivity index (χ3n) is 2.24. The Hall–Kier alpha value is -2.84. The Morgan fingerprint density at radius 1 is 1.20 bits per heavy atom. The lowest BCUT2D eigenvalue weighted by atomic mass is 10.2. The van der Waals surface area contributed by atoms with Crippen LogP contribution >= 0.6 is 0 Å². The minimum Gasteiger partial charge on any atom is -0.475 e. The van der Waals surface area contributed by atoms with Crippen molar-refractivity contribution in [3.8, 4) is 0 Å². The maximum atomic E-state index is 13.3. The smallest absolute Gasteiger partial charge is 0.374 e. The molecule has 1 aromatic carbocycles. The molecule has 0 fully saturated rings. The summed E-state index contributed by atoms with van der Waals surface area (Å²) in [4.78, 5) is 22.1. The number of nitrogens with one attached hydrogen (secondary N) is 1. The molecule has 0 spiro atoms. The average Bonchev–Trinajstić information content (AvgIpc) is 2.89. The van der Waals surface area contributed by atoms with E-state index in [1.54, 1.807) is 0 Å². The summed E-state index contributed by atoms with van der Waals surface area (Å²) in [7, 11) is 0. The fraction of sp³-hybridized carbons (Fsp3) is 0. The van der Waals surface area contributed by atoms with E-state index in [0.29, 0.717) is 6.07 Å². The first kappa shape index (κ1) is 13.6. The first-order valence-corrected chi connectivity index (χ1v) is 5.05. The molecule has 0 aliphatic heterocycles. The highest BCUT2D eigenvalue weighted by Crippen LogP contribution is 2.20. The van der Waals surface area contributed by atoms with Crippen LogP contribution in [0.2, 0.25) is 0 Å². The molecule has 104 valence electrons. The minimum atomic E-state index is -1.74. The molecule has 1 aromatic heterocycles. The molecule has 2 aromatic rings. The fourth-order valence-corrected chi connectivity index (χ4v) is 1.29. The van der Waals surface area contributed by atoms with Crippen LogP contribution in [0.3, 0.4) is 0 Å². The number of benzene rings is 1. The van der Waals surface area contributed by atoms with Crippen LogP contribution in [-0.2, 0) is 0 Å². The summed E-state index contributed by atoms with van der Waals surface area (Å²) in [6.45, 7) is 0. The standard InChI is InChI=1S/C11H5F3N2O4/c12-4-1-2-5(9(14)8(4)13)15-10(17)6-3-7(11(18)19)20-16-6/h1-3H,(H,15,17)(H,18,19). The maximum absolute atomic E-state index is 13.3. The van der Waals surface area contributed by atoms with Gasteiger partial charge in [-0.3, -0.25) is 4.79 Å². The molecular formula is C11H5F3N2O4. The zero-order valence-corrected chi connectivity index (χ0v) is 9.49. The van der Waals surface area contributed by atoms with Gasteiger partial charge in [0.15, 0.2) is 23.1 Å². The Morgan fingerprint density at radius 2 is 1.90 bits per heavy atom. The molecule has 0 aliphatic rings. The molecule has 2 rings (SSSR count). The molecular weight excluding hydrogens is 281 g/mol. The molecule has 0 radical (unpaired) electrons. The van der Waals surface area contributed by atoms with E-state index >= 15 is 0 Å². The molecule has 0 saturated carbocycles. The Labute approximate surface area is 108 Å². The highest BCUT2D eigenvalue weighted by Gasteiger charge is 2.19. The Kier molecular flexibility index (Phi) is 3.42. The van der Waals surface area contributed by atoms with E-state index in [1.807, 2.05) is 5.32 Å². The number of hydrogen-bond donors (Lipinski definition) is 2. The van der Waals surface area contributed by atoms with Crippen LogP contribution in [0, 0.1) is 17.5 Å². The van der Waals surface area contributed by atoms with Crippen molar-refractivity contribution in [2.75, 3.05) is 5.32 Å². The van der Waals surface area contributed by atoms with Crippen LogP contribution in [0.4, 0.5) is 18.9 Å².